The van der Waals surface area contributed by atoms with Crippen molar-refractivity contribution in [1.82, 2.24) is 9.97 Å². The standard InChI is InChI=1S/C15H17N3O2S/c1-4-18-12-8-6-5-7-11(12)14-13(21(18,19)20)9-16-15(17-14)10(2)3/h5-10H,4H2,1-3H3. The van der Waals surface area contributed by atoms with Crippen LogP contribution in [0.15, 0.2) is 35.4 Å². The molecule has 2 aromatic rings. The molecule has 0 atom stereocenters. The Morgan fingerprint density at radius 2 is 1.95 bits per heavy atom. The molecule has 1 aromatic heterocycles. The SMILES string of the molecule is CCN1c2ccccc2-c2nc(C(C)C)ncc2S1(=O)=O. The zero-order valence-electron chi connectivity index (χ0n) is 12.2. The van der Waals surface area contributed by atoms with E-state index in [4.69, 9.17) is 0 Å². The quantitative estimate of drug-likeness (QED) is 0.856. The van der Waals surface area contributed by atoms with Gasteiger partial charge in [0.05, 0.1) is 17.6 Å². The van der Waals surface area contributed by atoms with Gasteiger partial charge >= 0.3 is 0 Å². The molecule has 1 aromatic carbocycles. The van der Waals surface area contributed by atoms with Gasteiger partial charge in [0, 0.05) is 18.0 Å². The van der Waals surface area contributed by atoms with E-state index in [0.717, 1.165) is 5.56 Å². The topological polar surface area (TPSA) is 63.2 Å². The number of benzene rings is 1. The molecular weight excluding hydrogens is 286 g/mol. The van der Waals surface area contributed by atoms with Crippen LogP contribution in [0.2, 0.25) is 0 Å². The molecule has 0 saturated heterocycles. The largest absolute Gasteiger partial charge is 0.268 e. The van der Waals surface area contributed by atoms with Crippen molar-refractivity contribution in [1.29, 1.82) is 0 Å². The van der Waals surface area contributed by atoms with Gasteiger partial charge in [0.15, 0.2) is 0 Å². The number of nitrogens with zero attached hydrogens (tertiary/aromatic N) is 3. The molecule has 6 heteroatoms. The maximum atomic E-state index is 12.7. The van der Waals surface area contributed by atoms with Crippen LogP contribution in [-0.4, -0.2) is 24.9 Å². The summed E-state index contributed by atoms with van der Waals surface area (Å²) in [5.41, 5.74) is 2.03. The Balaban J connectivity index is 2.36. The molecule has 21 heavy (non-hydrogen) atoms. The molecule has 2 heterocycles. The Morgan fingerprint density at radius 3 is 2.62 bits per heavy atom. The van der Waals surface area contributed by atoms with Crippen LogP contribution >= 0.6 is 0 Å². The molecule has 5 nitrogen and oxygen atoms in total. The van der Waals surface area contributed by atoms with Crippen molar-refractivity contribution in [2.24, 2.45) is 0 Å². The fraction of sp³-hybridized carbons (Fsp3) is 0.333. The van der Waals surface area contributed by atoms with E-state index in [0.29, 0.717) is 23.8 Å². The second-order valence-electron chi connectivity index (χ2n) is 5.28. The normalized spacial score (nSPS) is 15.7. The van der Waals surface area contributed by atoms with Crippen molar-refractivity contribution >= 4 is 15.7 Å². The van der Waals surface area contributed by atoms with Gasteiger partial charge < -0.3 is 0 Å². The van der Waals surface area contributed by atoms with E-state index in [1.807, 2.05) is 45.0 Å². The van der Waals surface area contributed by atoms with Gasteiger partial charge in [-0.2, -0.15) is 0 Å². The fourth-order valence-corrected chi connectivity index (χ4v) is 4.11. The minimum atomic E-state index is -3.58. The fourth-order valence-electron chi connectivity index (χ4n) is 2.52. The van der Waals surface area contributed by atoms with Crippen LogP contribution in [0.1, 0.15) is 32.5 Å². The lowest BCUT2D eigenvalue weighted by molar-refractivity contribution is 0.589. The van der Waals surface area contributed by atoms with E-state index < -0.39 is 10.0 Å². The lowest BCUT2D eigenvalue weighted by atomic mass is 10.1. The van der Waals surface area contributed by atoms with E-state index in [9.17, 15) is 8.42 Å². The van der Waals surface area contributed by atoms with Crippen LogP contribution in [-0.2, 0) is 10.0 Å². The zero-order valence-corrected chi connectivity index (χ0v) is 13.1. The van der Waals surface area contributed by atoms with Crippen LogP contribution in [0.25, 0.3) is 11.3 Å². The minimum absolute atomic E-state index is 0.148. The van der Waals surface area contributed by atoms with E-state index >= 15 is 0 Å². The van der Waals surface area contributed by atoms with Crippen LogP contribution in [0.3, 0.4) is 0 Å². The highest BCUT2D eigenvalue weighted by Gasteiger charge is 2.35. The van der Waals surface area contributed by atoms with Crippen molar-refractivity contribution in [3.8, 4) is 11.3 Å². The summed E-state index contributed by atoms with van der Waals surface area (Å²) in [6.07, 6.45) is 1.44. The maximum absolute atomic E-state index is 12.7. The third kappa shape index (κ3) is 2.01. The molecular formula is C15H17N3O2S. The van der Waals surface area contributed by atoms with Crippen molar-refractivity contribution < 1.29 is 8.42 Å². The summed E-state index contributed by atoms with van der Waals surface area (Å²) in [7, 11) is -3.58. The predicted octanol–water partition coefficient (Wildman–Crippen LogP) is 2.80. The van der Waals surface area contributed by atoms with E-state index in [-0.39, 0.29) is 10.8 Å². The third-order valence-corrected chi connectivity index (χ3v) is 5.46. The Labute approximate surface area is 124 Å². The monoisotopic (exact) mass is 303 g/mol. The predicted molar refractivity (Wildman–Crippen MR) is 81.8 cm³/mol. The van der Waals surface area contributed by atoms with Crippen LogP contribution < -0.4 is 4.31 Å². The first-order valence-electron chi connectivity index (χ1n) is 6.96. The second-order valence-corrected chi connectivity index (χ2v) is 7.11. The summed E-state index contributed by atoms with van der Waals surface area (Å²) in [5.74, 6) is 0.804. The number of hydrogen-bond donors (Lipinski definition) is 0. The Morgan fingerprint density at radius 1 is 1.24 bits per heavy atom. The summed E-state index contributed by atoms with van der Waals surface area (Å²) in [6, 6.07) is 7.46. The average Bonchev–Trinajstić information content (AvgIpc) is 2.47. The average molecular weight is 303 g/mol. The Kier molecular flexibility index (Phi) is 3.20. The molecule has 1 aliphatic heterocycles. The molecule has 3 rings (SSSR count). The maximum Gasteiger partial charge on any atom is 0.268 e. The van der Waals surface area contributed by atoms with E-state index in [2.05, 4.69) is 9.97 Å². The van der Waals surface area contributed by atoms with Gasteiger partial charge in [-0.25, -0.2) is 18.4 Å². The number of para-hydroxylation sites is 1. The second kappa shape index (κ2) is 4.80. The molecule has 0 saturated carbocycles. The molecule has 0 bridgehead atoms. The first-order valence-corrected chi connectivity index (χ1v) is 8.40. The summed E-state index contributed by atoms with van der Waals surface area (Å²) in [5, 5.41) is 0. The molecule has 0 unspecified atom stereocenters. The molecule has 1 aliphatic rings. The Hall–Kier alpha value is -1.95. The van der Waals surface area contributed by atoms with Gasteiger partial charge in [-0.3, -0.25) is 4.31 Å². The molecule has 0 radical (unpaired) electrons. The minimum Gasteiger partial charge on any atom is -0.266 e. The van der Waals surface area contributed by atoms with Gasteiger partial charge in [-0.1, -0.05) is 32.0 Å². The number of aromatic nitrogens is 2. The van der Waals surface area contributed by atoms with Crippen molar-refractivity contribution in [3.05, 3.63) is 36.3 Å². The molecule has 0 aliphatic carbocycles. The molecule has 0 amide bonds. The highest BCUT2D eigenvalue weighted by molar-refractivity contribution is 7.93. The van der Waals surface area contributed by atoms with Gasteiger partial charge in [0.25, 0.3) is 10.0 Å². The lowest BCUT2D eigenvalue weighted by Crippen LogP contribution is -2.34. The van der Waals surface area contributed by atoms with Crippen LogP contribution in [0.4, 0.5) is 5.69 Å². The van der Waals surface area contributed by atoms with Gasteiger partial charge in [-0.05, 0) is 13.0 Å². The van der Waals surface area contributed by atoms with Crippen LogP contribution in [0.5, 0.6) is 0 Å². The number of fused-ring (bicyclic) bond motifs is 3. The first kappa shape index (κ1) is 14.0. The van der Waals surface area contributed by atoms with Gasteiger partial charge in [0.1, 0.15) is 10.7 Å². The first-order chi connectivity index (χ1) is 9.96. The van der Waals surface area contributed by atoms with E-state index in [1.54, 1.807) is 0 Å². The number of hydrogen-bond acceptors (Lipinski definition) is 4. The molecule has 0 spiro atoms. The van der Waals surface area contributed by atoms with Crippen molar-refractivity contribution in [2.75, 3.05) is 10.8 Å². The summed E-state index contributed by atoms with van der Waals surface area (Å²) < 4.78 is 26.9. The summed E-state index contributed by atoms with van der Waals surface area (Å²) in [6.45, 7) is 6.18. The number of anilines is 1. The zero-order chi connectivity index (χ0) is 15.2. The van der Waals surface area contributed by atoms with E-state index in [1.165, 1.54) is 10.5 Å². The van der Waals surface area contributed by atoms with Crippen LogP contribution in [0, 0.1) is 0 Å². The Bertz CT molecular complexity index is 800. The highest BCUT2D eigenvalue weighted by atomic mass is 32.2. The van der Waals surface area contributed by atoms with Crippen molar-refractivity contribution in [3.63, 3.8) is 0 Å². The number of rotatable bonds is 2. The smallest absolute Gasteiger partial charge is 0.266 e. The summed E-state index contributed by atoms with van der Waals surface area (Å²) in [4.78, 5) is 8.90. The molecule has 0 N–H and O–H groups in total. The lowest BCUT2D eigenvalue weighted by Gasteiger charge is -2.30. The summed E-state index contributed by atoms with van der Waals surface area (Å²) >= 11 is 0. The van der Waals surface area contributed by atoms with Gasteiger partial charge in [-0.15, -0.1) is 0 Å². The third-order valence-electron chi connectivity index (χ3n) is 3.57. The van der Waals surface area contributed by atoms with Gasteiger partial charge in [0.2, 0.25) is 0 Å². The van der Waals surface area contributed by atoms with Crippen molar-refractivity contribution in [2.45, 2.75) is 31.6 Å². The highest BCUT2D eigenvalue weighted by Crippen LogP contribution is 2.41. The number of sulfonamides is 1. The molecule has 110 valence electrons. The molecule has 0 fully saturated rings.